The van der Waals surface area contributed by atoms with Crippen molar-refractivity contribution in [1.29, 1.82) is 0 Å². The van der Waals surface area contributed by atoms with E-state index < -0.39 is 5.41 Å². The Kier molecular flexibility index (Phi) is 4.35. The molecule has 16 heavy (non-hydrogen) atoms. The van der Waals surface area contributed by atoms with E-state index in [0.29, 0.717) is 6.42 Å². The summed E-state index contributed by atoms with van der Waals surface area (Å²) < 4.78 is 6.56. The second-order valence-corrected chi connectivity index (χ2v) is 4.99. The third-order valence-electron chi connectivity index (χ3n) is 2.60. The summed E-state index contributed by atoms with van der Waals surface area (Å²) in [5.74, 6) is -0.208. The average Bonchev–Trinajstić information content (AvgIpc) is 2.56. The zero-order valence-electron chi connectivity index (χ0n) is 10.1. The molecule has 4 nitrogen and oxygen atoms in total. The molecule has 0 aliphatic heterocycles. The molecule has 0 aliphatic rings. The Balaban J connectivity index is 2.90. The van der Waals surface area contributed by atoms with E-state index in [4.69, 9.17) is 3.07 Å². The largest absolute Gasteiger partial charge is 0.394 e. The van der Waals surface area contributed by atoms with Crippen molar-refractivity contribution in [2.45, 2.75) is 33.6 Å². The van der Waals surface area contributed by atoms with Crippen LogP contribution in [0.25, 0.3) is 0 Å². The van der Waals surface area contributed by atoms with Crippen molar-refractivity contribution in [1.82, 2.24) is 9.78 Å². The van der Waals surface area contributed by atoms with Gasteiger partial charge < -0.3 is 3.07 Å². The summed E-state index contributed by atoms with van der Waals surface area (Å²) in [6, 6.07) is 0. The summed E-state index contributed by atoms with van der Waals surface area (Å²) in [4.78, 5) is 11.6. The van der Waals surface area contributed by atoms with Crippen LogP contribution in [-0.4, -0.2) is 15.7 Å². The van der Waals surface area contributed by atoms with Gasteiger partial charge in [-0.3, -0.25) is 9.48 Å². The van der Waals surface area contributed by atoms with Gasteiger partial charge in [0.05, 0.1) is 11.1 Å². The maximum Gasteiger partial charge on any atom is 0.321 e. The minimum absolute atomic E-state index is 0.208. The lowest BCUT2D eigenvalue weighted by molar-refractivity contribution is -0.140. The monoisotopic (exact) mass is 336 g/mol. The van der Waals surface area contributed by atoms with E-state index >= 15 is 0 Å². The summed E-state index contributed by atoms with van der Waals surface area (Å²) in [7, 11) is 1.90. The van der Waals surface area contributed by atoms with Crippen LogP contribution in [0.1, 0.15) is 32.0 Å². The summed E-state index contributed by atoms with van der Waals surface area (Å²) >= 11 is 1.63. The first-order valence-electron chi connectivity index (χ1n) is 5.25. The Morgan fingerprint density at radius 1 is 1.62 bits per heavy atom. The first kappa shape index (κ1) is 13.5. The zero-order valence-corrected chi connectivity index (χ0v) is 12.2. The minimum Gasteiger partial charge on any atom is -0.394 e. The van der Waals surface area contributed by atoms with E-state index in [1.807, 2.05) is 27.1 Å². The fourth-order valence-corrected chi connectivity index (χ4v) is 2.22. The zero-order chi connectivity index (χ0) is 12.3. The minimum atomic E-state index is -0.528. The highest BCUT2D eigenvalue weighted by Crippen LogP contribution is 2.25. The van der Waals surface area contributed by atoms with E-state index in [-0.39, 0.29) is 5.97 Å². The molecule has 1 aromatic rings. The van der Waals surface area contributed by atoms with Crippen LogP contribution in [0.5, 0.6) is 0 Å². The second-order valence-electron chi connectivity index (χ2n) is 4.55. The van der Waals surface area contributed by atoms with Gasteiger partial charge in [-0.15, -0.1) is 0 Å². The Labute approximate surface area is 110 Å². The van der Waals surface area contributed by atoms with E-state index in [9.17, 15) is 4.79 Å². The number of aryl methyl sites for hydroxylation is 2. The fourth-order valence-electron chi connectivity index (χ4n) is 1.62. The van der Waals surface area contributed by atoms with Crippen LogP contribution < -0.4 is 0 Å². The van der Waals surface area contributed by atoms with E-state index in [2.05, 4.69) is 12.0 Å². The summed E-state index contributed by atoms with van der Waals surface area (Å²) in [5.41, 5.74) is 1.65. The van der Waals surface area contributed by atoms with Gasteiger partial charge in [-0.1, -0.05) is 6.92 Å². The van der Waals surface area contributed by atoms with Crippen LogP contribution >= 0.6 is 23.0 Å². The van der Waals surface area contributed by atoms with Crippen molar-refractivity contribution in [3.8, 4) is 0 Å². The van der Waals surface area contributed by atoms with Gasteiger partial charge in [0, 0.05) is 19.7 Å². The molecule has 0 bridgehead atoms. The van der Waals surface area contributed by atoms with Crippen molar-refractivity contribution < 1.29 is 7.86 Å². The topological polar surface area (TPSA) is 44.1 Å². The lowest BCUT2D eigenvalue weighted by Crippen LogP contribution is -2.27. The maximum absolute atomic E-state index is 11.6. The molecule has 0 amide bonds. The molecule has 0 radical (unpaired) electrons. The lowest BCUT2D eigenvalue weighted by Gasteiger charge is -2.19. The van der Waals surface area contributed by atoms with Gasteiger partial charge in [-0.05, 0) is 25.8 Å². The van der Waals surface area contributed by atoms with Crippen LogP contribution in [0, 0.1) is 5.41 Å². The molecular formula is C11H17IN2O2. The van der Waals surface area contributed by atoms with Crippen molar-refractivity contribution in [3.05, 3.63) is 17.5 Å². The van der Waals surface area contributed by atoms with Crippen molar-refractivity contribution in [3.63, 3.8) is 0 Å². The fraction of sp³-hybridized carbons (Fsp3) is 0.636. The Morgan fingerprint density at radius 3 is 2.75 bits per heavy atom. The number of hydrogen-bond acceptors (Lipinski definition) is 3. The maximum atomic E-state index is 11.6. The predicted octanol–water partition coefficient (Wildman–Crippen LogP) is 2.44. The normalized spacial score (nSPS) is 11.6. The number of carbonyl (C=O) groups is 1. The molecular weight excluding hydrogens is 319 g/mol. The van der Waals surface area contributed by atoms with Crippen molar-refractivity contribution >= 4 is 29.0 Å². The molecule has 0 saturated heterocycles. The predicted molar refractivity (Wildman–Crippen MR) is 70.2 cm³/mol. The lowest BCUT2D eigenvalue weighted by atomic mass is 9.87. The van der Waals surface area contributed by atoms with Crippen LogP contribution in [0.4, 0.5) is 0 Å². The van der Waals surface area contributed by atoms with Gasteiger partial charge in [-0.2, -0.15) is 5.10 Å². The number of hydrogen-bond donors (Lipinski definition) is 0. The third-order valence-corrected chi connectivity index (χ3v) is 3.00. The van der Waals surface area contributed by atoms with E-state index in [0.717, 1.165) is 12.1 Å². The molecule has 0 aliphatic carbocycles. The smallest absolute Gasteiger partial charge is 0.321 e. The first-order chi connectivity index (χ1) is 7.40. The molecule has 1 heterocycles. The third kappa shape index (κ3) is 2.96. The van der Waals surface area contributed by atoms with Crippen LogP contribution in [0.3, 0.4) is 0 Å². The van der Waals surface area contributed by atoms with Gasteiger partial charge in [0.25, 0.3) is 0 Å². The second kappa shape index (κ2) is 5.16. The quantitative estimate of drug-likeness (QED) is 0.794. The molecule has 1 rings (SSSR count). The van der Waals surface area contributed by atoms with Crippen molar-refractivity contribution in [2.75, 3.05) is 0 Å². The number of aromatic nitrogens is 2. The van der Waals surface area contributed by atoms with Gasteiger partial charge in [-0.25, -0.2) is 0 Å². The molecule has 0 aromatic carbocycles. The molecule has 1 aromatic heterocycles. The average molecular weight is 336 g/mol. The number of halogens is 1. The molecule has 0 atom stereocenters. The Bertz CT molecular complexity index is 385. The van der Waals surface area contributed by atoms with E-state index in [1.165, 1.54) is 5.56 Å². The van der Waals surface area contributed by atoms with Crippen LogP contribution in [0.2, 0.25) is 0 Å². The van der Waals surface area contributed by atoms with Crippen LogP contribution in [0.15, 0.2) is 6.20 Å². The molecule has 0 fully saturated rings. The highest BCUT2D eigenvalue weighted by Gasteiger charge is 2.31. The van der Waals surface area contributed by atoms with Gasteiger partial charge in [0.1, 0.15) is 0 Å². The SMILES string of the molecule is CCc1cn(C)nc1CC(C)(C)C(=O)OI. The number of rotatable bonds is 4. The number of nitrogens with zero attached hydrogens (tertiary/aromatic N) is 2. The Hall–Kier alpha value is -0.590. The van der Waals surface area contributed by atoms with Crippen molar-refractivity contribution in [2.24, 2.45) is 12.5 Å². The highest BCUT2D eigenvalue weighted by atomic mass is 127. The molecule has 90 valence electrons. The first-order valence-corrected chi connectivity index (χ1v) is 6.13. The Morgan fingerprint density at radius 2 is 2.25 bits per heavy atom. The van der Waals surface area contributed by atoms with E-state index in [1.54, 1.807) is 27.7 Å². The van der Waals surface area contributed by atoms with Gasteiger partial charge in [0.15, 0.2) is 23.0 Å². The van der Waals surface area contributed by atoms with Gasteiger partial charge >= 0.3 is 5.97 Å². The summed E-state index contributed by atoms with van der Waals surface area (Å²) in [6.07, 6.45) is 3.54. The summed E-state index contributed by atoms with van der Waals surface area (Å²) in [5, 5.41) is 4.39. The molecule has 0 unspecified atom stereocenters. The number of carbonyl (C=O) groups excluding carboxylic acids is 1. The summed E-state index contributed by atoms with van der Waals surface area (Å²) in [6.45, 7) is 5.84. The standard InChI is InChI=1S/C11H17IN2O2/c1-5-8-7-14(4)13-9(8)6-11(2,3)10(15)16-12/h7H,5-6H2,1-4H3. The van der Waals surface area contributed by atoms with Gasteiger partial charge in [0.2, 0.25) is 0 Å². The van der Waals surface area contributed by atoms with Crippen LogP contribution in [-0.2, 0) is 27.8 Å². The molecule has 0 N–H and O–H groups in total. The molecule has 0 spiro atoms. The molecule has 5 heteroatoms. The highest BCUT2D eigenvalue weighted by molar-refractivity contribution is 14.1. The molecule has 0 saturated carbocycles.